The highest BCUT2D eigenvalue weighted by molar-refractivity contribution is 7.86. The molecule has 0 unspecified atom stereocenters. The molecule has 0 fully saturated rings. The van der Waals surface area contributed by atoms with Crippen molar-refractivity contribution in [3.8, 4) is 11.8 Å². The number of aryl methyl sites for hydroxylation is 2. The van der Waals surface area contributed by atoms with Gasteiger partial charge in [0.05, 0.1) is 11.6 Å². The molecule has 2 aromatic carbocycles. The first-order chi connectivity index (χ1) is 9.89. The van der Waals surface area contributed by atoms with E-state index < -0.39 is 10.1 Å². The van der Waals surface area contributed by atoms with Gasteiger partial charge in [0, 0.05) is 0 Å². The molecule has 108 valence electrons. The second kappa shape index (κ2) is 5.98. The van der Waals surface area contributed by atoms with E-state index in [2.05, 4.69) is 0 Å². The summed E-state index contributed by atoms with van der Waals surface area (Å²) in [5.74, 6) is 0.0321. The Hall–Kier alpha value is -2.32. The number of nitrogens with zero attached hydrogens (tertiary/aromatic N) is 1. The van der Waals surface area contributed by atoms with E-state index in [1.54, 1.807) is 36.4 Å². The van der Waals surface area contributed by atoms with Crippen LogP contribution in [0.5, 0.6) is 5.75 Å². The predicted octanol–water partition coefficient (Wildman–Crippen LogP) is 3.08. The Kier molecular flexibility index (Phi) is 4.29. The van der Waals surface area contributed by atoms with Gasteiger partial charge in [0.15, 0.2) is 0 Å². The highest BCUT2D eigenvalue weighted by atomic mass is 32.2. The summed E-state index contributed by atoms with van der Waals surface area (Å²) in [7, 11) is -3.75. The zero-order valence-corrected chi connectivity index (χ0v) is 12.6. The Morgan fingerprint density at radius 1 is 1.10 bits per heavy atom. The molecule has 4 nitrogen and oxygen atoms in total. The fourth-order valence-electron chi connectivity index (χ4n) is 1.88. The first-order valence-corrected chi connectivity index (χ1v) is 7.96. The van der Waals surface area contributed by atoms with Gasteiger partial charge in [0.25, 0.3) is 0 Å². The van der Waals surface area contributed by atoms with Crippen LogP contribution in [-0.4, -0.2) is 8.42 Å². The first kappa shape index (κ1) is 15.1. The molecule has 0 bridgehead atoms. The Labute approximate surface area is 124 Å². The van der Waals surface area contributed by atoms with Crippen LogP contribution in [0.3, 0.4) is 0 Å². The van der Waals surface area contributed by atoms with Crippen molar-refractivity contribution in [1.29, 1.82) is 5.26 Å². The second-order valence-corrected chi connectivity index (χ2v) is 6.41. The van der Waals surface area contributed by atoms with E-state index in [0.717, 1.165) is 11.1 Å². The van der Waals surface area contributed by atoms with Gasteiger partial charge >= 0.3 is 10.1 Å². The molecule has 0 atom stereocenters. The van der Waals surface area contributed by atoms with E-state index in [4.69, 9.17) is 9.44 Å². The fourth-order valence-corrected chi connectivity index (χ4v) is 2.92. The molecule has 0 radical (unpaired) electrons. The Morgan fingerprint density at radius 2 is 1.86 bits per heavy atom. The molecule has 0 saturated heterocycles. The number of benzene rings is 2. The number of rotatable bonds is 4. The summed E-state index contributed by atoms with van der Waals surface area (Å²) in [6, 6.07) is 13.6. The normalized spacial score (nSPS) is 10.9. The summed E-state index contributed by atoms with van der Waals surface area (Å²) in [4.78, 5) is 0. The van der Waals surface area contributed by atoms with Gasteiger partial charge in [-0.1, -0.05) is 18.2 Å². The second-order valence-electron chi connectivity index (χ2n) is 4.84. The van der Waals surface area contributed by atoms with Crippen LogP contribution in [-0.2, 0) is 15.9 Å². The van der Waals surface area contributed by atoms with Crippen molar-refractivity contribution in [2.45, 2.75) is 19.6 Å². The molecule has 0 heterocycles. The molecule has 2 rings (SSSR count). The maximum Gasteiger partial charge on any atom is 0.313 e. The quantitative estimate of drug-likeness (QED) is 0.814. The first-order valence-electron chi connectivity index (χ1n) is 6.38. The number of hydrogen-bond donors (Lipinski definition) is 0. The summed E-state index contributed by atoms with van der Waals surface area (Å²) in [6.45, 7) is 3.84. The topological polar surface area (TPSA) is 67.2 Å². The average molecular weight is 301 g/mol. The third-order valence-corrected chi connectivity index (χ3v) is 4.23. The van der Waals surface area contributed by atoms with Gasteiger partial charge in [-0.25, -0.2) is 0 Å². The minimum absolute atomic E-state index is 0.268. The van der Waals surface area contributed by atoms with Crippen LogP contribution in [0.1, 0.15) is 22.3 Å². The lowest BCUT2D eigenvalue weighted by Gasteiger charge is -2.09. The van der Waals surface area contributed by atoms with Gasteiger partial charge in [-0.05, 0) is 54.8 Å². The van der Waals surface area contributed by atoms with Gasteiger partial charge in [0.2, 0.25) is 0 Å². The van der Waals surface area contributed by atoms with E-state index in [0.29, 0.717) is 16.9 Å². The summed E-state index contributed by atoms with van der Waals surface area (Å²) >= 11 is 0. The van der Waals surface area contributed by atoms with Crippen LogP contribution >= 0.6 is 0 Å². The van der Waals surface area contributed by atoms with Crippen LogP contribution in [0, 0.1) is 25.2 Å². The van der Waals surface area contributed by atoms with Crippen molar-refractivity contribution in [3.05, 3.63) is 64.7 Å². The minimum Gasteiger partial charge on any atom is -0.382 e. The van der Waals surface area contributed by atoms with Gasteiger partial charge in [-0.2, -0.15) is 13.7 Å². The van der Waals surface area contributed by atoms with E-state index in [1.807, 2.05) is 26.0 Å². The van der Waals surface area contributed by atoms with E-state index in [9.17, 15) is 8.42 Å². The van der Waals surface area contributed by atoms with Gasteiger partial charge < -0.3 is 4.18 Å². The third kappa shape index (κ3) is 4.07. The predicted molar refractivity (Wildman–Crippen MR) is 80.3 cm³/mol. The summed E-state index contributed by atoms with van der Waals surface area (Å²) in [6.07, 6.45) is 0. The van der Waals surface area contributed by atoms with Crippen molar-refractivity contribution >= 4 is 10.1 Å². The SMILES string of the molecule is Cc1ccc(OS(=O)(=O)Cc2cccc(C#N)c2)cc1C. The lowest BCUT2D eigenvalue weighted by Crippen LogP contribution is -2.12. The number of hydrogen-bond acceptors (Lipinski definition) is 4. The molecular weight excluding hydrogens is 286 g/mol. The van der Waals surface area contributed by atoms with E-state index in [-0.39, 0.29) is 5.75 Å². The monoisotopic (exact) mass is 301 g/mol. The van der Waals surface area contributed by atoms with Gasteiger partial charge in [-0.3, -0.25) is 0 Å². The molecule has 0 saturated carbocycles. The van der Waals surface area contributed by atoms with E-state index >= 15 is 0 Å². The molecule has 0 aliphatic rings. The molecule has 21 heavy (non-hydrogen) atoms. The maximum absolute atomic E-state index is 12.1. The lowest BCUT2D eigenvalue weighted by molar-refractivity contribution is 0.485. The van der Waals surface area contributed by atoms with Gasteiger partial charge in [-0.15, -0.1) is 0 Å². The van der Waals surface area contributed by atoms with Crippen LogP contribution in [0.2, 0.25) is 0 Å². The molecule has 0 N–H and O–H groups in total. The van der Waals surface area contributed by atoms with Crippen molar-refractivity contribution in [3.63, 3.8) is 0 Å². The van der Waals surface area contributed by atoms with Crippen molar-refractivity contribution < 1.29 is 12.6 Å². The molecule has 0 aliphatic heterocycles. The highest BCUT2D eigenvalue weighted by Gasteiger charge is 2.15. The standard InChI is InChI=1S/C16H15NO3S/c1-12-6-7-16(8-13(12)2)20-21(18,19)11-15-5-3-4-14(9-15)10-17/h3-9H,11H2,1-2H3. The molecule has 0 aliphatic carbocycles. The maximum atomic E-state index is 12.1. The van der Waals surface area contributed by atoms with Crippen molar-refractivity contribution in [1.82, 2.24) is 0 Å². The van der Waals surface area contributed by atoms with Crippen LogP contribution < -0.4 is 4.18 Å². The molecular formula is C16H15NO3S. The Bertz CT molecular complexity index is 805. The van der Waals surface area contributed by atoms with Crippen molar-refractivity contribution in [2.24, 2.45) is 0 Å². The Balaban J connectivity index is 2.18. The molecule has 0 spiro atoms. The molecule has 0 aromatic heterocycles. The summed E-state index contributed by atoms with van der Waals surface area (Å²) < 4.78 is 29.2. The highest BCUT2D eigenvalue weighted by Crippen LogP contribution is 2.20. The van der Waals surface area contributed by atoms with Gasteiger partial charge in [0.1, 0.15) is 11.5 Å². The third-order valence-electron chi connectivity index (χ3n) is 3.10. The molecule has 5 heteroatoms. The summed E-state index contributed by atoms with van der Waals surface area (Å²) in [5, 5.41) is 8.82. The van der Waals surface area contributed by atoms with Crippen LogP contribution in [0.25, 0.3) is 0 Å². The largest absolute Gasteiger partial charge is 0.382 e. The van der Waals surface area contributed by atoms with Crippen LogP contribution in [0.4, 0.5) is 0 Å². The zero-order chi connectivity index (χ0) is 15.5. The zero-order valence-electron chi connectivity index (χ0n) is 11.8. The molecule has 0 amide bonds. The number of nitriles is 1. The molecule has 2 aromatic rings. The Morgan fingerprint density at radius 3 is 2.52 bits per heavy atom. The smallest absolute Gasteiger partial charge is 0.313 e. The fraction of sp³-hybridized carbons (Fsp3) is 0.188. The van der Waals surface area contributed by atoms with Crippen molar-refractivity contribution in [2.75, 3.05) is 0 Å². The summed E-state index contributed by atoms with van der Waals surface area (Å²) in [5.41, 5.74) is 2.99. The minimum atomic E-state index is -3.75. The average Bonchev–Trinajstić information content (AvgIpc) is 2.42. The lowest BCUT2D eigenvalue weighted by atomic mass is 10.1. The van der Waals surface area contributed by atoms with E-state index in [1.165, 1.54) is 0 Å². The van der Waals surface area contributed by atoms with Crippen LogP contribution in [0.15, 0.2) is 42.5 Å².